The van der Waals surface area contributed by atoms with Gasteiger partial charge in [0.2, 0.25) is 0 Å². The highest BCUT2D eigenvalue weighted by Gasteiger charge is 1.88. The van der Waals surface area contributed by atoms with E-state index in [1.807, 2.05) is 0 Å². The van der Waals surface area contributed by atoms with Gasteiger partial charge in [-0.25, -0.2) is 0 Å². The van der Waals surface area contributed by atoms with E-state index in [0.29, 0.717) is 0 Å². The highest BCUT2D eigenvalue weighted by Crippen LogP contribution is 2.07. The molecule has 0 bridgehead atoms. The van der Waals surface area contributed by atoms with Crippen molar-refractivity contribution in [3.05, 3.63) is 24.3 Å². The van der Waals surface area contributed by atoms with E-state index in [2.05, 4.69) is 32.6 Å². The van der Waals surface area contributed by atoms with Crippen LogP contribution < -0.4 is 0 Å². The second kappa shape index (κ2) is 7.59. The second-order valence-electron chi connectivity index (χ2n) is 2.93. The lowest BCUT2D eigenvalue weighted by Gasteiger charge is -1.97. The van der Waals surface area contributed by atoms with Crippen molar-refractivity contribution in [2.24, 2.45) is 0 Å². The first kappa shape index (κ1) is 10.5. The maximum absolute atomic E-state index is 3.98. The van der Waals surface area contributed by atoms with Crippen molar-refractivity contribution < 1.29 is 0 Å². The van der Waals surface area contributed by atoms with Gasteiger partial charge in [-0.3, -0.25) is 0 Å². The summed E-state index contributed by atoms with van der Waals surface area (Å²) in [7, 11) is 0. The maximum Gasteiger partial charge on any atom is -0.0285 e. The third-order valence-corrected chi connectivity index (χ3v) is 1.69. The topological polar surface area (TPSA) is 0 Å². The summed E-state index contributed by atoms with van der Waals surface area (Å²) in [5.41, 5.74) is 1.28. The summed E-state index contributed by atoms with van der Waals surface area (Å²) in [5, 5.41) is 0. The average Bonchev–Trinajstić information content (AvgIpc) is 2.01. The summed E-state index contributed by atoms with van der Waals surface area (Å²) in [6, 6.07) is 0. The van der Waals surface area contributed by atoms with E-state index >= 15 is 0 Å². The molecular formula is C11H20. The van der Waals surface area contributed by atoms with Crippen LogP contribution in [0, 0.1) is 0 Å². The molecule has 0 saturated heterocycles. The largest absolute Gasteiger partial charge is 0.0958 e. The van der Waals surface area contributed by atoms with E-state index in [1.54, 1.807) is 0 Å². The van der Waals surface area contributed by atoms with Crippen LogP contribution in [0.1, 0.15) is 46.0 Å². The summed E-state index contributed by atoms with van der Waals surface area (Å²) in [6.45, 7) is 8.35. The lowest BCUT2D eigenvalue weighted by atomic mass is 10.1. The summed E-state index contributed by atoms with van der Waals surface area (Å²) >= 11 is 0. The molecule has 0 N–H and O–H groups in total. The molecule has 0 aromatic heterocycles. The quantitative estimate of drug-likeness (QED) is 0.397. The van der Waals surface area contributed by atoms with Crippen molar-refractivity contribution in [2.45, 2.75) is 46.0 Å². The van der Waals surface area contributed by atoms with Gasteiger partial charge in [0.25, 0.3) is 0 Å². The Kier molecular flexibility index (Phi) is 7.23. The Hall–Kier alpha value is -0.520. The molecule has 0 heterocycles. The standard InChI is InChI=1S/C11H20/c1-4-6-8-10-11(3)9-7-5-2/h7,9H,3-6,8,10H2,1-2H3/b9-7-. The van der Waals surface area contributed by atoms with Gasteiger partial charge in [0.1, 0.15) is 0 Å². The van der Waals surface area contributed by atoms with Gasteiger partial charge in [-0.05, 0) is 19.3 Å². The molecule has 0 heteroatoms. The molecule has 0 rings (SSSR count). The Balaban J connectivity index is 3.30. The molecule has 0 aliphatic rings. The molecule has 64 valence electrons. The highest BCUT2D eigenvalue weighted by molar-refractivity contribution is 5.13. The number of hydrogen-bond acceptors (Lipinski definition) is 0. The summed E-state index contributed by atoms with van der Waals surface area (Å²) < 4.78 is 0. The fourth-order valence-corrected chi connectivity index (χ4v) is 0.970. The summed E-state index contributed by atoms with van der Waals surface area (Å²) in [4.78, 5) is 0. The van der Waals surface area contributed by atoms with Crippen molar-refractivity contribution >= 4 is 0 Å². The molecule has 0 unspecified atom stereocenters. The van der Waals surface area contributed by atoms with Gasteiger partial charge in [-0.1, -0.05) is 51.0 Å². The summed E-state index contributed by atoms with van der Waals surface area (Å²) in [6.07, 6.45) is 10.5. The zero-order valence-corrected chi connectivity index (χ0v) is 7.90. The van der Waals surface area contributed by atoms with Gasteiger partial charge in [0.05, 0.1) is 0 Å². The Bertz CT molecular complexity index is 120. The SMILES string of the molecule is C=C(/C=C\CC)CCCCC. The van der Waals surface area contributed by atoms with E-state index in [4.69, 9.17) is 0 Å². The van der Waals surface area contributed by atoms with Gasteiger partial charge < -0.3 is 0 Å². The van der Waals surface area contributed by atoms with Crippen LogP contribution in [-0.4, -0.2) is 0 Å². The second-order valence-corrected chi connectivity index (χ2v) is 2.93. The van der Waals surface area contributed by atoms with Crippen molar-refractivity contribution in [2.75, 3.05) is 0 Å². The lowest BCUT2D eigenvalue weighted by molar-refractivity contribution is 0.720. The first-order chi connectivity index (χ1) is 5.31. The van der Waals surface area contributed by atoms with Crippen LogP contribution in [0.15, 0.2) is 24.3 Å². The van der Waals surface area contributed by atoms with Crippen LogP contribution in [-0.2, 0) is 0 Å². The molecule has 11 heavy (non-hydrogen) atoms. The van der Waals surface area contributed by atoms with Crippen molar-refractivity contribution in [3.8, 4) is 0 Å². The number of allylic oxidation sites excluding steroid dienone is 3. The fraction of sp³-hybridized carbons (Fsp3) is 0.636. The smallest absolute Gasteiger partial charge is 0.0285 e. The molecule has 0 amide bonds. The Morgan fingerprint density at radius 1 is 1.27 bits per heavy atom. The van der Waals surface area contributed by atoms with Crippen LogP contribution in [0.2, 0.25) is 0 Å². The number of hydrogen-bond donors (Lipinski definition) is 0. The zero-order chi connectivity index (χ0) is 8.53. The number of unbranched alkanes of at least 4 members (excludes halogenated alkanes) is 2. The van der Waals surface area contributed by atoms with E-state index in [-0.39, 0.29) is 0 Å². The molecule has 0 nitrogen and oxygen atoms in total. The molecular weight excluding hydrogens is 132 g/mol. The van der Waals surface area contributed by atoms with Gasteiger partial charge in [0, 0.05) is 0 Å². The first-order valence-electron chi connectivity index (χ1n) is 4.65. The molecule has 0 aromatic rings. The van der Waals surface area contributed by atoms with E-state index in [1.165, 1.54) is 31.3 Å². The molecule has 0 radical (unpaired) electrons. The van der Waals surface area contributed by atoms with Crippen molar-refractivity contribution in [1.82, 2.24) is 0 Å². The molecule has 0 atom stereocenters. The monoisotopic (exact) mass is 152 g/mol. The molecule has 0 aliphatic heterocycles. The van der Waals surface area contributed by atoms with Crippen LogP contribution in [0.3, 0.4) is 0 Å². The normalized spacial score (nSPS) is 10.7. The predicted molar refractivity (Wildman–Crippen MR) is 52.7 cm³/mol. The van der Waals surface area contributed by atoms with Gasteiger partial charge in [-0.2, -0.15) is 0 Å². The minimum atomic E-state index is 1.12. The maximum atomic E-state index is 3.98. The third-order valence-electron chi connectivity index (χ3n) is 1.69. The lowest BCUT2D eigenvalue weighted by Crippen LogP contribution is -1.77. The Morgan fingerprint density at radius 3 is 2.55 bits per heavy atom. The van der Waals surface area contributed by atoms with E-state index in [9.17, 15) is 0 Å². The molecule has 0 fully saturated rings. The minimum absolute atomic E-state index is 1.12. The Morgan fingerprint density at radius 2 is 2.00 bits per heavy atom. The first-order valence-corrected chi connectivity index (χ1v) is 4.65. The van der Waals surface area contributed by atoms with Crippen LogP contribution in [0.25, 0.3) is 0 Å². The molecule has 0 aliphatic carbocycles. The highest BCUT2D eigenvalue weighted by atomic mass is 13.9. The van der Waals surface area contributed by atoms with Gasteiger partial charge in [-0.15, -0.1) is 0 Å². The van der Waals surface area contributed by atoms with Crippen LogP contribution >= 0.6 is 0 Å². The van der Waals surface area contributed by atoms with Crippen molar-refractivity contribution in [1.29, 1.82) is 0 Å². The third kappa shape index (κ3) is 7.38. The van der Waals surface area contributed by atoms with Crippen molar-refractivity contribution in [3.63, 3.8) is 0 Å². The molecule has 0 spiro atoms. The predicted octanol–water partition coefficient (Wildman–Crippen LogP) is 4.09. The fourth-order valence-electron chi connectivity index (χ4n) is 0.970. The zero-order valence-electron chi connectivity index (χ0n) is 7.90. The van der Waals surface area contributed by atoms with Gasteiger partial charge >= 0.3 is 0 Å². The van der Waals surface area contributed by atoms with Crippen LogP contribution in [0.4, 0.5) is 0 Å². The average molecular weight is 152 g/mol. The number of rotatable bonds is 6. The van der Waals surface area contributed by atoms with Gasteiger partial charge in [0.15, 0.2) is 0 Å². The minimum Gasteiger partial charge on any atom is -0.0958 e. The van der Waals surface area contributed by atoms with E-state index in [0.717, 1.165) is 6.42 Å². The molecule has 0 saturated carbocycles. The summed E-state index contributed by atoms with van der Waals surface area (Å²) in [5.74, 6) is 0. The Labute approximate surface area is 71.0 Å². The molecule has 0 aromatic carbocycles. The van der Waals surface area contributed by atoms with E-state index < -0.39 is 0 Å². The van der Waals surface area contributed by atoms with Crippen LogP contribution in [0.5, 0.6) is 0 Å².